The predicted molar refractivity (Wildman–Crippen MR) is 91.4 cm³/mol. The summed E-state index contributed by atoms with van der Waals surface area (Å²) < 4.78 is 10.5. The number of amides is 1. The Labute approximate surface area is 140 Å². The Kier molecular flexibility index (Phi) is 5.95. The summed E-state index contributed by atoms with van der Waals surface area (Å²) in [5.41, 5.74) is 1.95. The minimum Gasteiger partial charge on any atom is -0.493 e. The number of likely N-dealkylation sites (N-methyl/N-ethyl adjacent to an activating group) is 1. The molecular weight excluding hydrogens is 314 g/mol. The molecule has 0 aliphatic carbocycles. The molecule has 0 unspecified atom stereocenters. The number of aromatic nitrogens is 1. The first kappa shape index (κ1) is 17.2. The van der Waals surface area contributed by atoms with Crippen molar-refractivity contribution in [3.05, 3.63) is 34.8 Å². The van der Waals surface area contributed by atoms with Crippen LogP contribution in [-0.4, -0.2) is 43.6 Å². The highest BCUT2D eigenvalue weighted by molar-refractivity contribution is 7.13. The van der Waals surface area contributed by atoms with Gasteiger partial charge in [-0.1, -0.05) is 6.07 Å². The van der Waals surface area contributed by atoms with Crippen LogP contribution in [0.25, 0.3) is 0 Å². The molecule has 7 heteroatoms. The van der Waals surface area contributed by atoms with E-state index in [9.17, 15) is 4.79 Å². The third-order valence-corrected chi connectivity index (χ3v) is 4.05. The maximum atomic E-state index is 12.0. The predicted octanol–water partition coefficient (Wildman–Crippen LogP) is 2.54. The van der Waals surface area contributed by atoms with E-state index in [1.54, 1.807) is 14.2 Å². The maximum Gasteiger partial charge on any atom is 0.240 e. The lowest BCUT2D eigenvalue weighted by molar-refractivity contribution is -0.117. The molecular formula is C16H21N3O3S. The van der Waals surface area contributed by atoms with E-state index in [0.29, 0.717) is 23.2 Å². The Hall–Kier alpha value is -2.12. The van der Waals surface area contributed by atoms with Crippen LogP contribution in [-0.2, 0) is 11.3 Å². The van der Waals surface area contributed by atoms with E-state index in [4.69, 9.17) is 9.47 Å². The van der Waals surface area contributed by atoms with Gasteiger partial charge >= 0.3 is 0 Å². The van der Waals surface area contributed by atoms with Crippen molar-refractivity contribution < 1.29 is 14.3 Å². The van der Waals surface area contributed by atoms with Crippen LogP contribution >= 0.6 is 11.3 Å². The normalized spacial score (nSPS) is 10.7. The summed E-state index contributed by atoms with van der Waals surface area (Å²) in [5, 5.41) is 5.34. The van der Waals surface area contributed by atoms with Crippen LogP contribution in [0.2, 0.25) is 0 Å². The number of carbonyl (C=O) groups excluding carboxylic acids is 1. The van der Waals surface area contributed by atoms with E-state index in [1.165, 1.54) is 11.3 Å². The van der Waals surface area contributed by atoms with Crippen molar-refractivity contribution in [1.82, 2.24) is 9.88 Å². The van der Waals surface area contributed by atoms with Crippen molar-refractivity contribution in [2.45, 2.75) is 13.5 Å². The summed E-state index contributed by atoms with van der Waals surface area (Å²) in [5.74, 6) is 1.29. The summed E-state index contributed by atoms with van der Waals surface area (Å²) in [7, 11) is 5.10. The number of rotatable bonds is 7. The van der Waals surface area contributed by atoms with Gasteiger partial charge in [0, 0.05) is 11.9 Å². The summed E-state index contributed by atoms with van der Waals surface area (Å²) >= 11 is 1.43. The van der Waals surface area contributed by atoms with E-state index in [2.05, 4.69) is 10.3 Å². The number of thiazole rings is 1. The number of hydrogen-bond donors (Lipinski definition) is 1. The fraction of sp³-hybridized carbons (Fsp3) is 0.375. The number of anilines is 1. The minimum atomic E-state index is -0.0812. The molecule has 2 aromatic rings. The number of carbonyl (C=O) groups is 1. The van der Waals surface area contributed by atoms with Gasteiger partial charge < -0.3 is 14.8 Å². The number of nitrogens with zero attached hydrogens (tertiary/aromatic N) is 2. The maximum absolute atomic E-state index is 12.0. The molecule has 0 spiro atoms. The van der Waals surface area contributed by atoms with Crippen molar-refractivity contribution in [2.75, 3.05) is 33.1 Å². The second kappa shape index (κ2) is 7.94. The highest BCUT2D eigenvalue weighted by Gasteiger charge is 2.11. The molecule has 6 nitrogen and oxygen atoms in total. The second-order valence-electron chi connectivity index (χ2n) is 5.20. The highest BCUT2D eigenvalue weighted by atomic mass is 32.1. The van der Waals surface area contributed by atoms with Crippen molar-refractivity contribution in [2.24, 2.45) is 0 Å². The molecule has 0 radical (unpaired) electrons. The van der Waals surface area contributed by atoms with Gasteiger partial charge in [-0.2, -0.15) is 0 Å². The highest BCUT2D eigenvalue weighted by Crippen LogP contribution is 2.27. The molecule has 23 heavy (non-hydrogen) atoms. The molecule has 0 bridgehead atoms. The monoisotopic (exact) mass is 335 g/mol. The lowest BCUT2D eigenvalue weighted by Crippen LogP contribution is -2.29. The lowest BCUT2D eigenvalue weighted by atomic mass is 10.2. The van der Waals surface area contributed by atoms with E-state index in [0.717, 1.165) is 11.3 Å². The molecule has 1 aromatic heterocycles. The molecule has 2 rings (SSSR count). The quantitative estimate of drug-likeness (QED) is 0.842. The van der Waals surface area contributed by atoms with Gasteiger partial charge in [-0.3, -0.25) is 9.69 Å². The van der Waals surface area contributed by atoms with Gasteiger partial charge in [0.1, 0.15) is 0 Å². The Bertz CT molecular complexity index is 672. The van der Waals surface area contributed by atoms with Gasteiger partial charge in [0.15, 0.2) is 16.6 Å². The molecule has 0 aliphatic heterocycles. The fourth-order valence-corrected chi connectivity index (χ4v) is 2.87. The zero-order valence-electron chi connectivity index (χ0n) is 13.8. The van der Waals surface area contributed by atoms with Gasteiger partial charge in [0.2, 0.25) is 5.91 Å². The van der Waals surface area contributed by atoms with Crippen LogP contribution in [0.4, 0.5) is 5.13 Å². The van der Waals surface area contributed by atoms with E-state index < -0.39 is 0 Å². The lowest BCUT2D eigenvalue weighted by Gasteiger charge is -2.17. The fourth-order valence-electron chi connectivity index (χ4n) is 2.16. The second-order valence-corrected chi connectivity index (χ2v) is 6.06. The summed E-state index contributed by atoms with van der Waals surface area (Å²) in [6.07, 6.45) is 0. The van der Waals surface area contributed by atoms with E-state index in [1.807, 2.05) is 42.5 Å². The first-order valence-electron chi connectivity index (χ1n) is 7.13. The van der Waals surface area contributed by atoms with Gasteiger partial charge in [-0.05, 0) is 31.7 Å². The molecule has 0 aliphatic rings. The average Bonchev–Trinajstić information content (AvgIpc) is 2.91. The van der Waals surface area contributed by atoms with E-state index in [-0.39, 0.29) is 12.5 Å². The number of hydrogen-bond acceptors (Lipinski definition) is 6. The molecule has 1 heterocycles. The van der Waals surface area contributed by atoms with Crippen molar-refractivity contribution in [1.29, 1.82) is 0 Å². The average molecular weight is 335 g/mol. The zero-order chi connectivity index (χ0) is 16.8. The number of nitrogens with one attached hydrogen (secondary N) is 1. The summed E-state index contributed by atoms with van der Waals surface area (Å²) in [6.45, 7) is 2.81. The standard InChI is InChI=1S/C16H21N3O3S/c1-11-10-23-16(17-11)18-15(20)9-19(2)8-12-5-6-13(21-3)14(7-12)22-4/h5-7,10H,8-9H2,1-4H3,(H,17,18,20). The first-order chi connectivity index (χ1) is 11.0. The molecule has 0 fully saturated rings. The molecule has 124 valence electrons. The van der Waals surface area contributed by atoms with Crippen LogP contribution in [0.5, 0.6) is 11.5 Å². The molecule has 1 N–H and O–H groups in total. The van der Waals surface area contributed by atoms with Gasteiger partial charge in [0.25, 0.3) is 0 Å². The Morgan fingerprint density at radius 1 is 1.30 bits per heavy atom. The van der Waals surface area contributed by atoms with Gasteiger partial charge in [-0.15, -0.1) is 11.3 Å². The van der Waals surface area contributed by atoms with Crippen LogP contribution in [0.15, 0.2) is 23.6 Å². The molecule has 0 saturated heterocycles. The van der Waals surface area contributed by atoms with Gasteiger partial charge in [-0.25, -0.2) is 4.98 Å². The third-order valence-electron chi connectivity index (χ3n) is 3.18. The molecule has 1 aromatic carbocycles. The number of benzene rings is 1. The minimum absolute atomic E-state index is 0.0812. The van der Waals surface area contributed by atoms with E-state index >= 15 is 0 Å². The summed E-state index contributed by atoms with van der Waals surface area (Å²) in [6, 6.07) is 5.73. The Morgan fingerprint density at radius 2 is 2.04 bits per heavy atom. The molecule has 0 saturated carbocycles. The van der Waals surface area contributed by atoms with Gasteiger partial charge in [0.05, 0.1) is 26.5 Å². The largest absolute Gasteiger partial charge is 0.493 e. The first-order valence-corrected chi connectivity index (χ1v) is 8.01. The third kappa shape index (κ3) is 4.94. The number of aryl methyl sites for hydroxylation is 1. The summed E-state index contributed by atoms with van der Waals surface area (Å²) in [4.78, 5) is 18.2. The van der Waals surface area contributed by atoms with Crippen LogP contribution in [0.3, 0.4) is 0 Å². The van der Waals surface area contributed by atoms with Crippen LogP contribution in [0, 0.1) is 6.92 Å². The Morgan fingerprint density at radius 3 is 2.65 bits per heavy atom. The molecule has 1 amide bonds. The SMILES string of the molecule is COc1ccc(CN(C)CC(=O)Nc2nc(C)cs2)cc1OC. The topological polar surface area (TPSA) is 63.7 Å². The van der Waals surface area contributed by atoms with Crippen molar-refractivity contribution in [3.8, 4) is 11.5 Å². The Balaban J connectivity index is 1.91. The van der Waals surface area contributed by atoms with Crippen LogP contribution in [0.1, 0.15) is 11.3 Å². The number of ether oxygens (including phenoxy) is 2. The zero-order valence-corrected chi connectivity index (χ0v) is 14.6. The van der Waals surface area contributed by atoms with Crippen LogP contribution < -0.4 is 14.8 Å². The molecule has 0 atom stereocenters. The van der Waals surface area contributed by atoms with Crippen molar-refractivity contribution >= 4 is 22.4 Å². The smallest absolute Gasteiger partial charge is 0.240 e. The number of methoxy groups -OCH3 is 2. The van der Waals surface area contributed by atoms with Crippen molar-refractivity contribution in [3.63, 3.8) is 0 Å².